The molecule has 0 unspecified atom stereocenters. The lowest BCUT2D eigenvalue weighted by atomic mass is 10.0. The zero-order valence-corrected chi connectivity index (χ0v) is 13.6. The molecule has 0 radical (unpaired) electrons. The van der Waals surface area contributed by atoms with E-state index in [9.17, 15) is 10.1 Å². The first-order valence-electron chi connectivity index (χ1n) is 7.87. The molecule has 0 aliphatic heterocycles. The van der Waals surface area contributed by atoms with Crippen molar-refractivity contribution >= 4 is 23.5 Å². The van der Waals surface area contributed by atoms with E-state index < -0.39 is 0 Å². The van der Waals surface area contributed by atoms with E-state index in [1.807, 2.05) is 19.2 Å². The van der Waals surface area contributed by atoms with Crippen LogP contribution in [-0.4, -0.2) is 12.0 Å². The van der Waals surface area contributed by atoms with E-state index >= 15 is 0 Å². The van der Waals surface area contributed by atoms with Crippen LogP contribution in [0.5, 0.6) is 0 Å². The molecule has 4 nitrogen and oxygen atoms in total. The first-order valence-corrected chi connectivity index (χ1v) is 7.87. The summed E-state index contributed by atoms with van der Waals surface area (Å²) in [5, 5.41) is 13.9. The summed E-state index contributed by atoms with van der Waals surface area (Å²) in [5.41, 5.74) is 4.58. The predicted octanol–water partition coefficient (Wildman–Crippen LogP) is 5.15. The van der Waals surface area contributed by atoms with Gasteiger partial charge in [0.25, 0.3) is 5.69 Å². The highest BCUT2D eigenvalue weighted by atomic mass is 16.6. The van der Waals surface area contributed by atoms with Gasteiger partial charge in [-0.1, -0.05) is 37.6 Å². The third-order valence-corrected chi connectivity index (χ3v) is 3.77. The topological polar surface area (TPSA) is 55.2 Å². The molecule has 0 aliphatic carbocycles. The monoisotopic (exact) mass is 310 g/mol. The summed E-state index contributed by atoms with van der Waals surface area (Å²) in [7, 11) is 1.92. The summed E-state index contributed by atoms with van der Waals surface area (Å²) in [6.07, 6.45) is 7.47. The lowest BCUT2D eigenvalue weighted by molar-refractivity contribution is -0.384. The van der Waals surface area contributed by atoms with Gasteiger partial charge in [0, 0.05) is 24.9 Å². The SMILES string of the molecule is CCCCc1ccc(C=Cc2ccc([N+](=O)[O-])cc2)c(NC)c1. The fourth-order valence-electron chi connectivity index (χ4n) is 2.39. The molecule has 0 aliphatic rings. The van der Waals surface area contributed by atoms with Crippen LogP contribution in [0, 0.1) is 10.1 Å². The average Bonchev–Trinajstić information content (AvgIpc) is 2.58. The highest BCUT2D eigenvalue weighted by Gasteiger charge is 2.03. The van der Waals surface area contributed by atoms with Crippen LogP contribution in [0.25, 0.3) is 12.2 Å². The number of unbranched alkanes of at least 4 members (excludes halogenated alkanes) is 1. The van der Waals surface area contributed by atoms with Crippen molar-refractivity contribution in [2.24, 2.45) is 0 Å². The molecule has 2 aromatic carbocycles. The maximum atomic E-state index is 10.7. The molecule has 120 valence electrons. The molecule has 0 heterocycles. The number of non-ortho nitro benzene ring substituents is 1. The Labute approximate surface area is 137 Å². The zero-order valence-electron chi connectivity index (χ0n) is 13.6. The zero-order chi connectivity index (χ0) is 16.7. The van der Waals surface area contributed by atoms with E-state index in [1.165, 1.54) is 30.5 Å². The van der Waals surface area contributed by atoms with Crippen molar-refractivity contribution in [3.05, 3.63) is 69.3 Å². The number of benzene rings is 2. The number of hydrogen-bond donors (Lipinski definition) is 1. The van der Waals surface area contributed by atoms with Gasteiger partial charge in [-0.3, -0.25) is 10.1 Å². The Bertz CT molecular complexity index is 691. The molecule has 23 heavy (non-hydrogen) atoms. The number of nitro benzene ring substituents is 1. The second-order valence-corrected chi connectivity index (χ2v) is 5.46. The van der Waals surface area contributed by atoms with E-state index in [4.69, 9.17) is 0 Å². The highest BCUT2D eigenvalue weighted by Crippen LogP contribution is 2.22. The van der Waals surface area contributed by atoms with Crippen LogP contribution in [0.4, 0.5) is 11.4 Å². The molecule has 4 heteroatoms. The smallest absolute Gasteiger partial charge is 0.269 e. The summed E-state index contributed by atoms with van der Waals surface area (Å²) >= 11 is 0. The van der Waals surface area contributed by atoms with E-state index in [-0.39, 0.29) is 10.6 Å². The van der Waals surface area contributed by atoms with Crippen molar-refractivity contribution in [1.82, 2.24) is 0 Å². The van der Waals surface area contributed by atoms with E-state index in [0.29, 0.717) is 0 Å². The molecule has 0 saturated heterocycles. The maximum absolute atomic E-state index is 10.7. The van der Waals surface area contributed by atoms with Crippen LogP contribution in [0.1, 0.15) is 36.5 Å². The fourth-order valence-corrected chi connectivity index (χ4v) is 2.39. The molecule has 0 amide bonds. The number of aryl methyl sites for hydroxylation is 1. The molecule has 0 bridgehead atoms. The number of nitro groups is 1. The van der Waals surface area contributed by atoms with E-state index in [1.54, 1.807) is 12.1 Å². The van der Waals surface area contributed by atoms with Crippen molar-refractivity contribution in [2.75, 3.05) is 12.4 Å². The van der Waals surface area contributed by atoms with Crippen LogP contribution in [-0.2, 0) is 6.42 Å². The Balaban J connectivity index is 2.16. The molecule has 0 spiro atoms. The second-order valence-electron chi connectivity index (χ2n) is 5.46. The van der Waals surface area contributed by atoms with Crippen LogP contribution in [0.2, 0.25) is 0 Å². The number of nitrogens with one attached hydrogen (secondary N) is 1. The largest absolute Gasteiger partial charge is 0.388 e. The normalized spacial score (nSPS) is 10.9. The van der Waals surface area contributed by atoms with Gasteiger partial charge in [0.2, 0.25) is 0 Å². The van der Waals surface area contributed by atoms with E-state index in [0.717, 1.165) is 23.2 Å². The van der Waals surface area contributed by atoms with Crippen LogP contribution in [0.15, 0.2) is 42.5 Å². The maximum Gasteiger partial charge on any atom is 0.269 e. The number of nitrogens with zero attached hydrogens (tertiary/aromatic N) is 1. The standard InChI is InChI=1S/C19H22N2O2/c1-3-4-5-16-7-11-17(19(14-16)20-2)10-6-15-8-12-18(13-9-15)21(22)23/h6-14,20H,3-5H2,1-2H3. The van der Waals surface area contributed by atoms with Crippen molar-refractivity contribution in [3.63, 3.8) is 0 Å². The number of anilines is 1. The van der Waals surface area contributed by atoms with Crippen LogP contribution >= 0.6 is 0 Å². The average molecular weight is 310 g/mol. The van der Waals surface area contributed by atoms with Gasteiger partial charge in [0.1, 0.15) is 0 Å². The first kappa shape index (κ1) is 16.7. The molecule has 2 aromatic rings. The molecule has 0 atom stereocenters. The summed E-state index contributed by atoms with van der Waals surface area (Å²) < 4.78 is 0. The second kappa shape index (κ2) is 8.13. The van der Waals surface area contributed by atoms with Crippen molar-refractivity contribution < 1.29 is 4.92 Å². The van der Waals surface area contributed by atoms with Gasteiger partial charge in [0.05, 0.1) is 4.92 Å². The molecule has 0 saturated carbocycles. The van der Waals surface area contributed by atoms with Crippen LogP contribution < -0.4 is 5.32 Å². The van der Waals surface area contributed by atoms with Gasteiger partial charge < -0.3 is 5.32 Å². The first-order chi connectivity index (χ1) is 11.1. The third kappa shape index (κ3) is 4.68. The number of rotatable bonds is 7. The summed E-state index contributed by atoms with van der Waals surface area (Å²) in [5.74, 6) is 0. The lowest BCUT2D eigenvalue weighted by Gasteiger charge is -2.08. The molecular formula is C19H22N2O2. The molecular weight excluding hydrogens is 288 g/mol. The van der Waals surface area contributed by atoms with Crippen molar-refractivity contribution in [2.45, 2.75) is 26.2 Å². The fraction of sp³-hybridized carbons (Fsp3) is 0.263. The molecule has 2 rings (SSSR count). The molecule has 0 aromatic heterocycles. The molecule has 1 N–H and O–H groups in total. The Morgan fingerprint density at radius 2 is 1.87 bits per heavy atom. The summed E-state index contributed by atoms with van der Waals surface area (Å²) in [6, 6.07) is 13.0. The van der Waals surface area contributed by atoms with Gasteiger partial charge in [-0.05, 0) is 47.7 Å². The van der Waals surface area contributed by atoms with Gasteiger partial charge >= 0.3 is 0 Å². The van der Waals surface area contributed by atoms with Gasteiger partial charge in [0.15, 0.2) is 0 Å². The van der Waals surface area contributed by atoms with Crippen molar-refractivity contribution in [1.29, 1.82) is 0 Å². The minimum Gasteiger partial charge on any atom is -0.388 e. The Morgan fingerprint density at radius 1 is 1.13 bits per heavy atom. The lowest BCUT2D eigenvalue weighted by Crippen LogP contribution is -1.94. The van der Waals surface area contributed by atoms with Gasteiger partial charge in [-0.2, -0.15) is 0 Å². The Hall–Kier alpha value is -2.62. The predicted molar refractivity (Wildman–Crippen MR) is 96.6 cm³/mol. The minimum atomic E-state index is -0.387. The summed E-state index contributed by atoms with van der Waals surface area (Å²) in [6.45, 7) is 2.19. The van der Waals surface area contributed by atoms with Gasteiger partial charge in [-0.15, -0.1) is 0 Å². The molecule has 0 fully saturated rings. The highest BCUT2D eigenvalue weighted by molar-refractivity contribution is 5.77. The quantitative estimate of drug-likeness (QED) is 0.437. The Morgan fingerprint density at radius 3 is 2.48 bits per heavy atom. The third-order valence-electron chi connectivity index (χ3n) is 3.77. The van der Waals surface area contributed by atoms with Crippen molar-refractivity contribution in [3.8, 4) is 0 Å². The number of hydrogen-bond acceptors (Lipinski definition) is 3. The van der Waals surface area contributed by atoms with Gasteiger partial charge in [-0.25, -0.2) is 0 Å². The van der Waals surface area contributed by atoms with Crippen LogP contribution in [0.3, 0.4) is 0 Å². The summed E-state index contributed by atoms with van der Waals surface area (Å²) in [4.78, 5) is 10.3. The Kier molecular flexibility index (Phi) is 5.92. The minimum absolute atomic E-state index is 0.110. The van der Waals surface area contributed by atoms with E-state index in [2.05, 4.69) is 30.4 Å².